The molecular formula is C9H12N2O3. The average molecular weight is 196 g/mol. The summed E-state index contributed by atoms with van der Waals surface area (Å²) < 4.78 is 1.45. The number of nitrogens with zero attached hydrogens (tertiary/aromatic N) is 2. The van der Waals surface area contributed by atoms with E-state index in [1.54, 1.807) is 0 Å². The first-order chi connectivity index (χ1) is 6.69. The molecule has 1 atom stereocenters. The van der Waals surface area contributed by atoms with Crippen molar-refractivity contribution < 1.29 is 14.7 Å². The zero-order valence-electron chi connectivity index (χ0n) is 7.88. The van der Waals surface area contributed by atoms with Crippen LogP contribution in [0.15, 0.2) is 12.5 Å². The topological polar surface area (TPSA) is 72.2 Å². The number of imidazole rings is 1. The molecule has 1 heterocycles. The van der Waals surface area contributed by atoms with E-state index in [-0.39, 0.29) is 5.69 Å². The van der Waals surface area contributed by atoms with Gasteiger partial charge in [-0.1, -0.05) is 13.3 Å². The molecular weight excluding hydrogens is 184 g/mol. The lowest BCUT2D eigenvalue weighted by atomic mass is 10.2. The smallest absolute Gasteiger partial charge is 0.326 e. The third-order valence-electron chi connectivity index (χ3n) is 1.95. The van der Waals surface area contributed by atoms with Crippen LogP contribution < -0.4 is 0 Å². The molecule has 0 spiro atoms. The molecule has 0 aromatic carbocycles. The first-order valence-electron chi connectivity index (χ1n) is 4.40. The molecule has 0 bridgehead atoms. The van der Waals surface area contributed by atoms with Gasteiger partial charge >= 0.3 is 5.97 Å². The molecule has 5 heteroatoms. The second-order valence-corrected chi connectivity index (χ2v) is 3.01. The second-order valence-electron chi connectivity index (χ2n) is 3.01. The predicted molar refractivity (Wildman–Crippen MR) is 49.2 cm³/mol. The maximum absolute atomic E-state index is 10.9. The summed E-state index contributed by atoms with van der Waals surface area (Å²) in [5.41, 5.74) is 0.257. The van der Waals surface area contributed by atoms with Crippen LogP contribution in [0.1, 0.15) is 36.3 Å². The Labute approximate surface area is 81.4 Å². The standard InChI is InChI=1S/C9H12N2O3/c1-2-3-8(9(13)14)11-4-7(5-12)10-6-11/h4-6,8H,2-3H2,1H3,(H,13,14). The van der Waals surface area contributed by atoms with Gasteiger partial charge < -0.3 is 9.67 Å². The van der Waals surface area contributed by atoms with E-state index in [1.807, 2.05) is 6.92 Å². The normalized spacial score (nSPS) is 12.4. The van der Waals surface area contributed by atoms with Crippen molar-refractivity contribution in [1.29, 1.82) is 0 Å². The van der Waals surface area contributed by atoms with Gasteiger partial charge in [-0.25, -0.2) is 9.78 Å². The highest BCUT2D eigenvalue weighted by atomic mass is 16.4. The molecule has 0 aliphatic carbocycles. The molecule has 0 aliphatic rings. The Morgan fingerprint density at radius 2 is 2.50 bits per heavy atom. The van der Waals surface area contributed by atoms with Gasteiger partial charge in [-0.3, -0.25) is 4.79 Å². The second kappa shape index (κ2) is 4.55. The zero-order valence-corrected chi connectivity index (χ0v) is 7.88. The first-order valence-corrected chi connectivity index (χ1v) is 4.40. The van der Waals surface area contributed by atoms with Crippen molar-refractivity contribution in [2.24, 2.45) is 0 Å². The van der Waals surface area contributed by atoms with Gasteiger partial charge in [-0.05, 0) is 6.42 Å². The Hall–Kier alpha value is -1.65. The number of aromatic nitrogens is 2. The maximum Gasteiger partial charge on any atom is 0.326 e. The third-order valence-corrected chi connectivity index (χ3v) is 1.95. The van der Waals surface area contributed by atoms with Crippen molar-refractivity contribution in [2.75, 3.05) is 0 Å². The van der Waals surface area contributed by atoms with E-state index in [0.29, 0.717) is 12.7 Å². The van der Waals surface area contributed by atoms with Gasteiger partial charge in [0.25, 0.3) is 0 Å². The Morgan fingerprint density at radius 3 is 2.93 bits per heavy atom. The number of carbonyl (C=O) groups excluding carboxylic acids is 1. The molecule has 0 radical (unpaired) electrons. The fourth-order valence-corrected chi connectivity index (χ4v) is 1.26. The summed E-state index contributed by atoms with van der Waals surface area (Å²) in [7, 11) is 0. The van der Waals surface area contributed by atoms with Crippen LogP contribution >= 0.6 is 0 Å². The van der Waals surface area contributed by atoms with E-state index < -0.39 is 12.0 Å². The van der Waals surface area contributed by atoms with Crippen LogP contribution in [0.3, 0.4) is 0 Å². The number of carboxylic acids is 1. The van der Waals surface area contributed by atoms with E-state index in [2.05, 4.69) is 4.98 Å². The first kappa shape index (κ1) is 10.4. The molecule has 0 fully saturated rings. The van der Waals surface area contributed by atoms with Crippen molar-refractivity contribution >= 4 is 12.3 Å². The summed E-state index contributed by atoms with van der Waals surface area (Å²) in [5, 5.41) is 8.90. The van der Waals surface area contributed by atoms with Crippen molar-refractivity contribution in [3.8, 4) is 0 Å². The van der Waals surface area contributed by atoms with Gasteiger partial charge in [0.05, 0.1) is 6.33 Å². The van der Waals surface area contributed by atoms with Crippen LogP contribution in [0, 0.1) is 0 Å². The number of carbonyl (C=O) groups is 2. The fraction of sp³-hybridized carbons (Fsp3) is 0.444. The van der Waals surface area contributed by atoms with Crippen LogP contribution in [-0.4, -0.2) is 26.9 Å². The van der Waals surface area contributed by atoms with Gasteiger partial charge in [0.1, 0.15) is 11.7 Å². The van der Waals surface area contributed by atoms with Gasteiger partial charge in [0.2, 0.25) is 0 Å². The van der Waals surface area contributed by atoms with Crippen molar-refractivity contribution in [3.63, 3.8) is 0 Å². The van der Waals surface area contributed by atoms with E-state index in [1.165, 1.54) is 17.1 Å². The molecule has 1 aromatic heterocycles. The van der Waals surface area contributed by atoms with Crippen molar-refractivity contribution in [3.05, 3.63) is 18.2 Å². The molecule has 76 valence electrons. The number of hydrogen-bond acceptors (Lipinski definition) is 3. The molecule has 1 aromatic rings. The van der Waals surface area contributed by atoms with Crippen molar-refractivity contribution in [2.45, 2.75) is 25.8 Å². The number of aliphatic carboxylic acids is 1. The van der Waals surface area contributed by atoms with Crippen molar-refractivity contribution in [1.82, 2.24) is 9.55 Å². The summed E-state index contributed by atoms with van der Waals surface area (Å²) in [6, 6.07) is -0.624. The Bertz CT molecular complexity index is 333. The Balaban J connectivity index is 2.87. The fourth-order valence-electron chi connectivity index (χ4n) is 1.26. The van der Waals surface area contributed by atoms with E-state index in [4.69, 9.17) is 5.11 Å². The summed E-state index contributed by atoms with van der Waals surface area (Å²) >= 11 is 0. The molecule has 0 saturated carbocycles. The Kier molecular flexibility index (Phi) is 3.39. The summed E-state index contributed by atoms with van der Waals surface area (Å²) in [6.07, 6.45) is 4.72. The highest BCUT2D eigenvalue weighted by Gasteiger charge is 2.18. The minimum Gasteiger partial charge on any atom is -0.480 e. The van der Waals surface area contributed by atoms with Crippen LogP contribution in [0.2, 0.25) is 0 Å². The molecule has 5 nitrogen and oxygen atoms in total. The molecule has 14 heavy (non-hydrogen) atoms. The third kappa shape index (κ3) is 2.18. The van der Waals surface area contributed by atoms with Gasteiger partial charge in [-0.15, -0.1) is 0 Å². The molecule has 0 aliphatic heterocycles. The number of hydrogen-bond donors (Lipinski definition) is 1. The predicted octanol–water partition coefficient (Wildman–Crippen LogP) is 1.12. The molecule has 1 rings (SSSR count). The quantitative estimate of drug-likeness (QED) is 0.716. The maximum atomic E-state index is 10.9. The van der Waals surface area contributed by atoms with Gasteiger partial charge in [0, 0.05) is 6.20 Å². The van der Waals surface area contributed by atoms with Gasteiger partial charge in [0.15, 0.2) is 6.29 Å². The van der Waals surface area contributed by atoms with Crippen LogP contribution in [0.5, 0.6) is 0 Å². The lowest BCUT2D eigenvalue weighted by Crippen LogP contribution is -2.17. The molecule has 1 N–H and O–H groups in total. The highest BCUT2D eigenvalue weighted by Crippen LogP contribution is 2.14. The largest absolute Gasteiger partial charge is 0.480 e. The van der Waals surface area contributed by atoms with Crippen LogP contribution in [0.4, 0.5) is 0 Å². The van der Waals surface area contributed by atoms with Crippen LogP contribution in [-0.2, 0) is 4.79 Å². The highest BCUT2D eigenvalue weighted by molar-refractivity contribution is 5.73. The SMILES string of the molecule is CCCC(C(=O)O)n1cnc(C=O)c1. The van der Waals surface area contributed by atoms with Crippen LogP contribution in [0.25, 0.3) is 0 Å². The van der Waals surface area contributed by atoms with E-state index in [9.17, 15) is 9.59 Å². The zero-order chi connectivity index (χ0) is 10.6. The summed E-state index contributed by atoms with van der Waals surface area (Å²) in [5.74, 6) is -0.901. The average Bonchev–Trinajstić information content (AvgIpc) is 2.61. The molecule has 1 unspecified atom stereocenters. The van der Waals surface area contributed by atoms with E-state index >= 15 is 0 Å². The van der Waals surface area contributed by atoms with Gasteiger partial charge in [-0.2, -0.15) is 0 Å². The number of rotatable bonds is 5. The summed E-state index contributed by atoms with van der Waals surface area (Å²) in [6.45, 7) is 1.91. The number of carboxylic acid groups (broad SMARTS) is 1. The minimum absolute atomic E-state index is 0.257. The molecule has 0 saturated heterocycles. The lowest BCUT2D eigenvalue weighted by Gasteiger charge is -2.11. The minimum atomic E-state index is -0.901. The van der Waals surface area contributed by atoms with E-state index in [0.717, 1.165) is 6.42 Å². The number of aldehydes is 1. The monoisotopic (exact) mass is 196 g/mol. The lowest BCUT2D eigenvalue weighted by molar-refractivity contribution is -0.141. The Morgan fingerprint density at radius 1 is 1.79 bits per heavy atom. The molecule has 0 amide bonds. The summed E-state index contributed by atoms with van der Waals surface area (Å²) in [4.78, 5) is 24.9.